The maximum atomic E-state index is 5.44. The second kappa shape index (κ2) is 6.97. The summed E-state index contributed by atoms with van der Waals surface area (Å²) in [7, 11) is 0. The average Bonchev–Trinajstić information content (AvgIpc) is 1.96. The molecule has 0 spiro atoms. The van der Waals surface area contributed by atoms with E-state index in [9.17, 15) is 0 Å². The molecule has 0 aliphatic rings. The van der Waals surface area contributed by atoms with Crippen LogP contribution < -0.4 is 0 Å². The van der Waals surface area contributed by atoms with Gasteiger partial charge in [-0.25, -0.2) is 0 Å². The van der Waals surface area contributed by atoms with Crippen molar-refractivity contribution in [2.24, 2.45) is 11.8 Å². The van der Waals surface area contributed by atoms with Crippen LogP contribution in [0, 0.1) is 11.8 Å². The van der Waals surface area contributed by atoms with Crippen LogP contribution in [0.2, 0.25) is 0 Å². The van der Waals surface area contributed by atoms with Crippen molar-refractivity contribution in [2.75, 3.05) is 12.3 Å². The van der Waals surface area contributed by atoms with E-state index in [4.69, 9.17) is 11.8 Å². The van der Waals surface area contributed by atoms with Gasteiger partial charge < -0.3 is 0 Å². The van der Waals surface area contributed by atoms with Crippen molar-refractivity contribution in [1.82, 2.24) is 0 Å². The van der Waals surface area contributed by atoms with Crippen molar-refractivity contribution in [1.29, 1.82) is 0 Å². The summed E-state index contributed by atoms with van der Waals surface area (Å²) in [5.41, 5.74) is 0. The first-order valence-electron chi connectivity index (χ1n) is 4.94. The van der Waals surface area contributed by atoms with E-state index in [1.807, 2.05) is 0 Å². The van der Waals surface area contributed by atoms with E-state index in [-0.39, 0.29) is 6.70 Å². The zero-order valence-corrected chi connectivity index (χ0v) is 10.5. The van der Waals surface area contributed by atoms with E-state index in [0.29, 0.717) is 0 Å². The summed E-state index contributed by atoms with van der Waals surface area (Å²) in [4.78, 5) is 0. The topological polar surface area (TPSA) is 0 Å². The molecule has 0 saturated heterocycles. The lowest BCUT2D eigenvalue weighted by Gasteiger charge is -2.00. The van der Waals surface area contributed by atoms with Crippen molar-refractivity contribution in [3.05, 3.63) is 0 Å². The lowest BCUT2D eigenvalue weighted by Crippen LogP contribution is -1.94. The van der Waals surface area contributed by atoms with Gasteiger partial charge in [-0.1, -0.05) is 27.7 Å². The Labute approximate surface area is 83.6 Å². The molecule has 0 rings (SSSR count). The maximum Gasteiger partial charge on any atom is 0.175 e. The molecule has 0 aromatic rings. The number of hydrogen-bond acceptors (Lipinski definition) is 1. The third-order valence-corrected chi connectivity index (χ3v) is 4.52. The fourth-order valence-electron chi connectivity index (χ4n) is 0.916. The Morgan fingerprint density at radius 1 is 0.917 bits per heavy atom. The van der Waals surface area contributed by atoms with Crippen LogP contribution in [0.5, 0.6) is 0 Å². The molecule has 12 heavy (non-hydrogen) atoms. The minimum Gasteiger partial charge on any atom is -0.0626 e. The van der Waals surface area contributed by atoms with Crippen LogP contribution in [-0.4, -0.2) is 12.3 Å². The van der Waals surface area contributed by atoms with Crippen LogP contribution >= 0.6 is 6.70 Å². The smallest absolute Gasteiger partial charge is 0.0626 e. The highest BCUT2D eigenvalue weighted by atomic mass is 32.4. The van der Waals surface area contributed by atoms with Gasteiger partial charge in [-0.15, -0.1) is 0 Å². The van der Waals surface area contributed by atoms with Gasteiger partial charge in [0.2, 0.25) is 0 Å². The van der Waals surface area contributed by atoms with Crippen molar-refractivity contribution in [3.63, 3.8) is 0 Å². The van der Waals surface area contributed by atoms with E-state index in [0.717, 1.165) is 11.8 Å². The molecule has 72 valence electrons. The van der Waals surface area contributed by atoms with E-state index in [1.165, 1.54) is 25.2 Å². The Bertz CT molecular complexity index is 116. The lowest BCUT2D eigenvalue weighted by molar-refractivity contribution is 0.621. The first-order valence-corrected chi connectivity index (χ1v) is 7.67. The third-order valence-electron chi connectivity index (χ3n) is 1.91. The van der Waals surface area contributed by atoms with Crippen LogP contribution in [0.4, 0.5) is 0 Å². The quantitative estimate of drug-likeness (QED) is 0.590. The zero-order valence-electron chi connectivity index (χ0n) is 8.84. The van der Waals surface area contributed by atoms with Gasteiger partial charge in [0, 0.05) is 0 Å². The molecule has 0 aliphatic heterocycles. The van der Waals surface area contributed by atoms with Crippen molar-refractivity contribution in [3.8, 4) is 0 Å². The molecule has 0 saturated carbocycles. The van der Waals surface area contributed by atoms with Gasteiger partial charge in [0.15, 0.2) is 18.5 Å². The van der Waals surface area contributed by atoms with Gasteiger partial charge in [-0.2, -0.15) is 0 Å². The predicted molar refractivity (Wildman–Crippen MR) is 62.9 cm³/mol. The predicted octanol–water partition coefficient (Wildman–Crippen LogP) is 4.02. The van der Waals surface area contributed by atoms with Crippen LogP contribution in [-0.2, 0) is 11.8 Å². The molecular weight excluding hydrogens is 183 g/mol. The first-order chi connectivity index (χ1) is 5.52. The van der Waals surface area contributed by atoms with Gasteiger partial charge >= 0.3 is 0 Å². The monoisotopic (exact) mass is 205 g/mol. The van der Waals surface area contributed by atoms with Gasteiger partial charge in [0.05, 0.1) is 0 Å². The van der Waals surface area contributed by atoms with E-state index < -0.39 is 0 Å². The largest absolute Gasteiger partial charge is 0.175 e. The summed E-state index contributed by atoms with van der Waals surface area (Å²) in [6.07, 6.45) is 5.25. The van der Waals surface area contributed by atoms with Crippen LogP contribution in [0.15, 0.2) is 0 Å². The Morgan fingerprint density at radius 3 is 1.50 bits per heavy atom. The minimum absolute atomic E-state index is 0.0622. The molecule has 0 radical (unpaired) electrons. The fourth-order valence-corrected chi connectivity index (χ4v) is 3.38. The molecule has 0 N–H and O–H groups in total. The molecule has 0 amide bonds. The SMILES string of the molecule is CC(C)CC[P+](=S)CCC(C)C. The molecule has 0 aromatic heterocycles. The molecule has 0 aliphatic carbocycles. The molecule has 0 nitrogen and oxygen atoms in total. The van der Waals surface area contributed by atoms with Gasteiger partial charge in [0.25, 0.3) is 0 Å². The highest BCUT2D eigenvalue weighted by molar-refractivity contribution is 8.05. The highest BCUT2D eigenvalue weighted by Gasteiger charge is 2.10. The van der Waals surface area contributed by atoms with Crippen molar-refractivity contribution >= 4 is 18.5 Å². The Balaban J connectivity index is 3.34. The van der Waals surface area contributed by atoms with Crippen LogP contribution in [0.25, 0.3) is 0 Å². The summed E-state index contributed by atoms with van der Waals surface area (Å²) in [6.45, 7) is 9.05. The molecule has 0 bridgehead atoms. The van der Waals surface area contributed by atoms with Crippen molar-refractivity contribution < 1.29 is 0 Å². The molecule has 0 unspecified atom stereocenters. The number of rotatable bonds is 6. The third kappa shape index (κ3) is 8.62. The summed E-state index contributed by atoms with van der Waals surface area (Å²) < 4.78 is 0. The highest BCUT2D eigenvalue weighted by Crippen LogP contribution is 2.26. The average molecular weight is 205 g/mol. The van der Waals surface area contributed by atoms with Crippen molar-refractivity contribution in [2.45, 2.75) is 40.5 Å². The van der Waals surface area contributed by atoms with E-state index in [1.54, 1.807) is 0 Å². The Hall–Kier alpha value is 0.520. The summed E-state index contributed by atoms with van der Waals surface area (Å²) >= 11 is 5.44. The second-order valence-electron chi connectivity index (χ2n) is 4.29. The molecule has 0 atom stereocenters. The summed E-state index contributed by atoms with van der Waals surface area (Å²) in [5, 5.41) is 0. The molecule has 0 fully saturated rings. The molecular formula is C10H22PS+. The molecule has 2 heteroatoms. The van der Waals surface area contributed by atoms with Gasteiger partial charge in [0.1, 0.15) is 12.3 Å². The number of hydrogen-bond donors (Lipinski definition) is 0. The molecule has 0 heterocycles. The van der Waals surface area contributed by atoms with Gasteiger partial charge in [-0.3, -0.25) is 0 Å². The van der Waals surface area contributed by atoms with E-state index >= 15 is 0 Å². The fraction of sp³-hybridized carbons (Fsp3) is 1.00. The Kier molecular flexibility index (Phi) is 7.28. The van der Waals surface area contributed by atoms with E-state index in [2.05, 4.69) is 27.7 Å². The zero-order chi connectivity index (χ0) is 9.56. The second-order valence-corrected chi connectivity index (χ2v) is 7.70. The normalized spacial score (nSPS) is 11.2. The van der Waals surface area contributed by atoms with Crippen LogP contribution in [0.3, 0.4) is 0 Å². The summed E-state index contributed by atoms with van der Waals surface area (Å²) in [6, 6.07) is 0. The van der Waals surface area contributed by atoms with Gasteiger partial charge in [-0.05, 0) is 24.7 Å². The Morgan fingerprint density at radius 2 is 1.25 bits per heavy atom. The maximum absolute atomic E-state index is 5.44. The standard InChI is InChI=1S/C10H22PS/c1-9(2)5-7-11(12)8-6-10(3)4/h9-10H,5-8H2,1-4H3/q+1. The lowest BCUT2D eigenvalue weighted by atomic mass is 10.2. The molecule has 0 aromatic carbocycles. The first kappa shape index (κ1) is 12.5. The van der Waals surface area contributed by atoms with Crippen LogP contribution in [0.1, 0.15) is 40.5 Å². The summed E-state index contributed by atoms with van der Waals surface area (Å²) in [5.74, 6) is 1.66. The minimum atomic E-state index is -0.0622.